The highest BCUT2D eigenvalue weighted by Crippen LogP contribution is 2.43. The molecule has 94 valence electrons. The molecule has 1 heterocycles. The molecule has 0 spiro atoms. The molecule has 4 nitrogen and oxygen atoms in total. The van der Waals surface area contributed by atoms with Crippen molar-refractivity contribution < 1.29 is 9.53 Å². The molecule has 0 aliphatic heterocycles. The SMILES string of the molecule is CCN(CCOC)c1nc(C2CC2)c(C=O)s1. The summed E-state index contributed by atoms with van der Waals surface area (Å²) >= 11 is 1.50. The number of aromatic nitrogens is 1. The van der Waals surface area contributed by atoms with Gasteiger partial charge in [0.25, 0.3) is 0 Å². The van der Waals surface area contributed by atoms with Crippen molar-refractivity contribution in [2.45, 2.75) is 25.7 Å². The fraction of sp³-hybridized carbons (Fsp3) is 0.667. The second kappa shape index (κ2) is 5.60. The Balaban J connectivity index is 2.15. The van der Waals surface area contributed by atoms with Crippen molar-refractivity contribution in [2.75, 3.05) is 31.7 Å². The van der Waals surface area contributed by atoms with E-state index >= 15 is 0 Å². The number of hydrogen-bond donors (Lipinski definition) is 0. The molecule has 1 aliphatic rings. The Morgan fingerprint density at radius 1 is 1.59 bits per heavy atom. The zero-order valence-electron chi connectivity index (χ0n) is 10.3. The number of aldehydes is 1. The maximum atomic E-state index is 11.0. The summed E-state index contributed by atoms with van der Waals surface area (Å²) < 4.78 is 5.08. The summed E-state index contributed by atoms with van der Waals surface area (Å²) in [6.07, 6.45) is 3.29. The van der Waals surface area contributed by atoms with Gasteiger partial charge in [-0.05, 0) is 19.8 Å². The summed E-state index contributed by atoms with van der Waals surface area (Å²) in [7, 11) is 1.70. The molecule has 0 aromatic carbocycles. The van der Waals surface area contributed by atoms with E-state index in [9.17, 15) is 4.79 Å². The van der Waals surface area contributed by atoms with E-state index in [1.807, 2.05) is 0 Å². The number of methoxy groups -OCH3 is 1. The number of ether oxygens (including phenoxy) is 1. The van der Waals surface area contributed by atoms with Crippen LogP contribution in [0.5, 0.6) is 0 Å². The van der Waals surface area contributed by atoms with Gasteiger partial charge in [-0.2, -0.15) is 0 Å². The predicted octanol–water partition coefficient (Wildman–Crippen LogP) is 2.31. The lowest BCUT2D eigenvalue weighted by atomic mass is 10.3. The van der Waals surface area contributed by atoms with Gasteiger partial charge in [0.2, 0.25) is 0 Å². The predicted molar refractivity (Wildman–Crippen MR) is 69.2 cm³/mol. The number of anilines is 1. The molecule has 1 aromatic heterocycles. The van der Waals surface area contributed by atoms with Crippen molar-refractivity contribution in [3.05, 3.63) is 10.6 Å². The summed E-state index contributed by atoms with van der Waals surface area (Å²) in [6, 6.07) is 0. The molecular weight excluding hydrogens is 236 g/mol. The summed E-state index contributed by atoms with van der Waals surface area (Å²) in [5.41, 5.74) is 1.01. The molecule has 0 amide bonds. The Hall–Kier alpha value is -0.940. The maximum absolute atomic E-state index is 11.0. The molecule has 0 saturated heterocycles. The lowest BCUT2D eigenvalue weighted by molar-refractivity contribution is 0.112. The number of rotatable bonds is 7. The first-order valence-electron chi connectivity index (χ1n) is 6.00. The Morgan fingerprint density at radius 2 is 2.35 bits per heavy atom. The van der Waals surface area contributed by atoms with Gasteiger partial charge < -0.3 is 9.64 Å². The lowest BCUT2D eigenvalue weighted by Crippen LogP contribution is -2.26. The van der Waals surface area contributed by atoms with Crippen LogP contribution in [-0.4, -0.2) is 38.1 Å². The monoisotopic (exact) mass is 254 g/mol. The number of carbonyl (C=O) groups excluding carboxylic acids is 1. The summed E-state index contributed by atoms with van der Waals surface area (Å²) in [5, 5.41) is 0.952. The minimum absolute atomic E-state index is 0.529. The largest absolute Gasteiger partial charge is 0.383 e. The van der Waals surface area contributed by atoms with E-state index in [-0.39, 0.29) is 0 Å². The maximum Gasteiger partial charge on any atom is 0.186 e. The molecule has 0 N–H and O–H groups in total. The van der Waals surface area contributed by atoms with E-state index in [1.54, 1.807) is 7.11 Å². The Kier molecular flexibility index (Phi) is 4.12. The quantitative estimate of drug-likeness (QED) is 0.700. The first-order chi connectivity index (χ1) is 8.30. The molecule has 1 aromatic rings. The third-order valence-corrected chi connectivity index (χ3v) is 4.02. The van der Waals surface area contributed by atoms with Crippen molar-refractivity contribution in [3.63, 3.8) is 0 Å². The van der Waals surface area contributed by atoms with Crippen molar-refractivity contribution in [3.8, 4) is 0 Å². The van der Waals surface area contributed by atoms with Gasteiger partial charge in [-0.25, -0.2) is 4.98 Å². The van der Waals surface area contributed by atoms with Crippen LogP contribution in [0, 0.1) is 0 Å². The fourth-order valence-electron chi connectivity index (χ4n) is 1.79. The molecule has 2 rings (SSSR count). The van der Waals surface area contributed by atoms with Crippen LogP contribution in [0.4, 0.5) is 5.13 Å². The number of nitrogens with zero attached hydrogens (tertiary/aromatic N) is 2. The molecule has 1 aliphatic carbocycles. The average Bonchev–Trinajstić information content (AvgIpc) is 3.11. The summed E-state index contributed by atoms with van der Waals surface area (Å²) in [5.74, 6) is 0.529. The molecule has 0 unspecified atom stereocenters. The van der Waals surface area contributed by atoms with E-state index in [0.717, 1.165) is 35.1 Å². The van der Waals surface area contributed by atoms with Crippen LogP contribution >= 0.6 is 11.3 Å². The normalized spacial score (nSPS) is 14.9. The first kappa shape index (κ1) is 12.5. The lowest BCUT2D eigenvalue weighted by Gasteiger charge is -2.18. The number of likely N-dealkylation sites (N-methyl/N-ethyl adjacent to an activating group) is 1. The topological polar surface area (TPSA) is 42.4 Å². The third kappa shape index (κ3) is 2.84. The minimum Gasteiger partial charge on any atom is -0.383 e. The molecule has 0 bridgehead atoms. The minimum atomic E-state index is 0.529. The summed E-state index contributed by atoms with van der Waals surface area (Å²) in [4.78, 5) is 18.6. The van der Waals surface area contributed by atoms with Gasteiger partial charge >= 0.3 is 0 Å². The van der Waals surface area contributed by atoms with Crippen molar-refractivity contribution in [2.24, 2.45) is 0 Å². The van der Waals surface area contributed by atoms with Crippen LogP contribution in [-0.2, 0) is 4.74 Å². The standard InChI is InChI=1S/C12H18N2O2S/c1-3-14(6-7-16-2)12-13-11(9-4-5-9)10(8-15)17-12/h8-9H,3-7H2,1-2H3. The van der Waals surface area contributed by atoms with E-state index in [4.69, 9.17) is 4.74 Å². The van der Waals surface area contributed by atoms with Gasteiger partial charge in [-0.15, -0.1) is 0 Å². The van der Waals surface area contributed by atoms with Crippen molar-refractivity contribution in [1.29, 1.82) is 0 Å². The van der Waals surface area contributed by atoms with Crippen LogP contribution in [0.1, 0.15) is 41.0 Å². The Bertz CT molecular complexity index is 388. The van der Waals surface area contributed by atoms with Crippen LogP contribution < -0.4 is 4.90 Å². The van der Waals surface area contributed by atoms with Crippen LogP contribution in [0.2, 0.25) is 0 Å². The number of hydrogen-bond acceptors (Lipinski definition) is 5. The van der Waals surface area contributed by atoms with Gasteiger partial charge in [-0.1, -0.05) is 11.3 Å². The highest BCUT2D eigenvalue weighted by atomic mass is 32.1. The van der Waals surface area contributed by atoms with E-state index in [1.165, 1.54) is 24.2 Å². The number of thiazole rings is 1. The molecule has 1 saturated carbocycles. The second-order valence-corrected chi connectivity index (χ2v) is 5.22. The molecule has 17 heavy (non-hydrogen) atoms. The van der Waals surface area contributed by atoms with Crippen molar-refractivity contribution in [1.82, 2.24) is 4.98 Å². The summed E-state index contributed by atoms with van der Waals surface area (Å²) in [6.45, 7) is 4.49. The zero-order valence-corrected chi connectivity index (χ0v) is 11.1. The fourth-order valence-corrected chi connectivity index (χ4v) is 2.85. The molecule has 0 atom stereocenters. The van der Waals surface area contributed by atoms with Gasteiger partial charge in [0.15, 0.2) is 11.4 Å². The highest BCUT2D eigenvalue weighted by Gasteiger charge is 2.30. The zero-order chi connectivity index (χ0) is 12.3. The number of carbonyl (C=O) groups is 1. The Labute approximate surface area is 106 Å². The molecule has 0 radical (unpaired) electrons. The molecule has 1 fully saturated rings. The average molecular weight is 254 g/mol. The van der Waals surface area contributed by atoms with Gasteiger partial charge in [0, 0.05) is 26.1 Å². The van der Waals surface area contributed by atoms with E-state index in [2.05, 4.69) is 16.8 Å². The second-order valence-electron chi connectivity index (χ2n) is 4.21. The first-order valence-corrected chi connectivity index (χ1v) is 6.81. The third-order valence-electron chi connectivity index (χ3n) is 2.96. The van der Waals surface area contributed by atoms with E-state index in [0.29, 0.717) is 12.5 Å². The van der Waals surface area contributed by atoms with Gasteiger partial charge in [0.1, 0.15) is 0 Å². The van der Waals surface area contributed by atoms with Crippen LogP contribution in [0.25, 0.3) is 0 Å². The Morgan fingerprint density at radius 3 is 2.88 bits per heavy atom. The van der Waals surface area contributed by atoms with Gasteiger partial charge in [0.05, 0.1) is 17.2 Å². The smallest absolute Gasteiger partial charge is 0.186 e. The molecular formula is C12H18N2O2S. The molecule has 5 heteroatoms. The van der Waals surface area contributed by atoms with Gasteiger partial charge in [-0.3, -0.25) is 4.79 Å². The highest BCUT2D eigenvalue weighted by molar-refractivity contribution is 7.17. The van der Waals surface area contributed by atoms with E-state index < -0.39 is 0 Å². The van der Waals surface area contributed by atoms with Crippen LogP contribution in [0.3, 0.4) is 0 Å². The van der Waals surface area contributed by atoms with Crippen molar-refractivity contribution >= 4 is 22.8 Å². The van der Waals surface area contributed by atoms with Crippen LogP contribution in [0.15, 0.2) is 0 Å².